The van der Waals surface area contributed by atoms with E-state index in [0.717, 1.165) is 0 Å². The Morgan fingerprint density at radius 2 is 1.83 bits per heavy atom. The minimum absolute atomic E-state index is 0.0746. The third-order valence-corrected chi connectivity index (χ3v) is 2.48. The van der Waals surface area contributed by atoms with Gasteiger partial charge >= 0.3 is 0 Å². The van der Waals surface area contributed by atoms with Crippen molar-refractivity contribution < 1.29 is 9.59 Å². The Morgan fingerprint density at radius 1 is 1.22 bits per heavy atom. The molecule has 0 saturated carbocycles. The summed E-state index contributed by atoms with van der Waals surface area (Å²) in [6.07, 6.45) is 0. The van der Waals surface area contributed by atoms with Gasteiger partial charge in [-0.25, -0.2) is 0 Å². The second-order valence-electron chi connectivity index (χ2n) is 4.30. The van der Waals surface area contributed by atoms with E-state index < -0.39 is 5.91 Å². The van der Waals surface area contributed by atoms with Crippen LogP contribution < -0.4 is 16.4 Å². The number of likely N-dealkylation sites (N-methyl/N-ethyl adjacent to an activating group) is 1. The van der Waals surface area contributed by atoms with Crippen LogP contribution in [0.5, 0.6) is 0 Å². The van der Waals surface area contributed by atoms with Gasteiger partial charge in [-0.15, -0.1) is 0 Å². The molecule has 0 aliphatic rings. The van der Waals surface area contributed by atoms with Gasteiger partial charge in [-0.1, -0.05) is 0 Å². The summed E-state index contributed by atoms with van der Waals surface area (Å²) >= 11 is 0. The van der Waals surface area contributed by atoms with Crippen LogP contribution in [0.25, 0.3) is 0 Å². The molecule has 0 atom stereocenters. The summed E-state index contributed by atoms with van der Waals surface area (Å²) in [5, 5.41) is 0. The number of hydrogen-bond acceptors (Lipinski definition) is 4. The van der Waals surface area contributed by atoms with Crippen LogP contribution in [0.4, 0.5) is 11.4 Å². The van der Waals surface area contributed by atoms with E-state index in [0.29, 0.717) is 16.9 Å². The van der Waals surface area contributed by atoms with Gasteiger partial charge in [0, 0.05) is 26.7 Å². The molecule has 0 radical (unpaired) electrons. The number of carbonyl (C=O) groups excluding carboxylic acids is 2. The second kappa shape index (κ2) is 5.39. The lowest BCUT2D eigenvalue weighted by Crippen LogP contribution is -2.31. The first-order valence-electron chi connectivity index (χ1n) is 5.43. The lowest BCUT2D eigenvalue weighted by atomic mass is 10.1. The first-order chi connectivity index (χ1) is 8.32. The fourth-order valence-corrected chi connectivity index (χ4v) is 1.61. The van der Waals surface area contributed by atoms with Crippen molar-refractivity contribution in [1.29, 1.82) is 0 Å². The molecule has 1 aromatic carbocycles. The molecule has 0 aliphatic carbocycles. The van der Waals surface area contributed by atoms with E-state index in [1.54, 1.807) is 44.2 Å². The molecule has 0 saturated heterocycles. The number of amides is 2. The average Bonchev–Trinajstić information content (AvgIpc) is 2.26. The number of carbonyl (C=O) groups is 2. The Labute approximate surface area is 106 Å². The van der Waals surface area contributed by atoms with Crippen LogP contribution in [0.3, 0.4) is 0 Å². The number of nitrogen functional groups attached to an aromatic ring is 1. The number of anilines is 2. The molecular weight excluding hydrogens is 232 g/mol. The maximum atomic E-state index is 11.7. The molecule has 6 heteroatoms. The van der Waals surface area contributed by atoms with Crippen molar-refractivity contribution in [2.45, 2.75) is 0 Å². The van der Waals surface area contributed by atoms with Crippen LogP contribution in [0.1, 0.15) is 10.4 Å². The molecule has 4 N–H and O–H groups in total. The zero-order valence-electron chi connectivity index (χ0n) is 10.8. The lowest BCUT2D eigenvalue weighted by Gasteiger charge is -2.20. The highest BCUT2D eigenvalue weighted by Gasteiger charge is 2.12. The van der Waals surface area contributed by atoms with Crippen molar-refractivity contribution in [3.8, 4) is 0 Å². The summed E-state index contributed by atoms with van der Waals surface area (Å²) in [5.74, 6) is -0.559. The smallest absolute Gasteiger partial charge is 0.253 e. The van der Waals surface area contributed by atoms with Gasteiger partial charge in [0.1, 0.15) is 0 Å². The molecule has 0 aliphatic heterocycles. The highest BCUT2D eigenvalue weighted by Crippen LogP contribution is 2.23. The van der Waals surface area contributed by atoms with Crippen LogP contribution in [-0.4, -0.2) is 44.4 Å². The highest BCUT2D eigenvalue weighted by molar-refractivity contribution is 5.96. The molecule has 0 unspecified atom stereocenters. The fraction of sp³-hybridized carbons (Fsp3) is 0.333. The first-order valence-corrected chi connectivity index (χ1v) is 5.43. The Morgan fingerprint density at radius 3 is 2.28 bits per heavy atom. The molecule has 0 aromatic heterocycles. The van der Waals surface area contributed by atoms with Crippen LogP contribution in [-0.2, 0) is 4.79 Å². The molecule has 18 heavy (non-hydrogen) atoms. The van der Waals surface area contributed by atoms with Gasteiger partial charge in [0.2, 0.25) is 5.91 Å². The van der Waals surface area contributed by atoms with Crippen molar-refractivity contribution >= 4 is 23.2 Å². The summed E-state index contributed by atoms with van der Waals surface area (Å²) in [5.41, 5.74) is 12.6. The normalized spacial score (nSPS) is 9.94. The zero-order valence-corrected chi connectivity index (χ0v) is 10.8. The van der Waals surface area contributed by atoms with E-state index in [1.165, 1.54) is 4.90 Å². The van der Waals surface area contributed by atoms with Gasteiger partial charge < -0.3 is 21.3 Å². The van der Waals surface area contributed by atoms with Crippen LogP contribution in [0.2, 0.25) is 0 Å². The standard InChI is InChI=1S/C12H18N4O2/c1-15(2)12(18)8-4-5-10(9(13)6-8)16(3)7-11(14)17/h4-6H,7,13H2,1-3H3,(H2,14,17). The third kappa shape index (κ3) is 3.13. The van der Waals surface area contributed by atoms with Gasteiger partial charge in [0.25, 0.3) is 5.91 Å². The second-order valence-corrected chi connectivity index (χ2v) is 4.30. The van der Waals surface area contributed by atoms with E-state index in [1.807, 2.05) is 0 Å². The molecule has 1 rings (SSSR count). The number of nitrogens with zero attached hydrogens (tertiary/aromatic N) is 2. The summed E-state index contributed by atoms with van der Waals surface area (Å²) in [6.45, 7) is 0.0746. The molecule has 98 valence electrons. The number of hydrogen-bond donors (Lipinski definition) is 2. The lowest BCUT2D eigenvalue weighted by molar-refractivity contribution is -0.116. The van der Waals surface area contributed by atoms with Crippen LogP contribution in [0, 0.1) is 0 Å². The maximum Gasteiger partial charge on any atom is 0.253 e. The summed E-state index contributed by atoms with van der Waals surface area (Å²) < 4.78 is 0. The Kier molecular flexibility index (Phi) is 4.14. The minimum Gasteiger partial charge on any atom is -0.397 e. The van der Waals surface area contributed by atoms with Crippen molar-refractivity contribution in [2.75, 3.05) is 38.3 Å². The monoisotopic (exact) mass is 250 g/mol. The number of nitrogens with two attached hydrogens (primary N) is 2. The summed E-state index contributed by atoms with van der Waals surface area (Å²) in [4.78, 5) is 25.7. The van der Waals surface area contributed by atoms with Crippen molar-refractivity contribution in [1.82, 2.24) is 4.90 Å². The van der Waals surface area contributed by atoms with E-state index >= 15 is 0 Å². The Bertz CT molecular complexity index is 471. The van der Waals surface area contributed by atoms with Gasteiger partial charge in [-0.2, -0.15) is 0 Å². The Balaban J connectivity index is 2.99. The molecule has 0 bridgehead atoms. The van der Waals surface area contributed by atoms with E-state index in [4.69, 9.17) is 11.5 Å². The van der Waals surface area contributed by atoms with E-state index in [2.05, 4.69) is 0 Å². The Hall–Kier alpha value is -2.24. The molecule has 2 amide bonds. The van der Waals surface area contributed by atoms with Crippen molar-refractivity contribution in [2.24, 2.45) is 5.73 Å². The molecular formula is C12H18N4O2. The predicted octanol–water partition coefficient (Wildman–Crippen LogP) is -0.108. The molecule has 0 heterocycles. The number of rotatable bonds is 4. The average molecular weight is 250 g/mol. The van der Waals surface area contributed by atoms with E-state index in [-0.39, 0.29) is 12.5 Å². The van der Waals surface area contributed by atoms with Crippen molar-refractivity contribution in [3.05, 3.63) is 23.8 Å². The number of benzene rings is 1. The number of primary amides is 1. The van der Waals surface area contributed by atoms with Gasteiger partial charge in [0.15, 0.2) is 0 Å². The van der Waals surface area contributed by atoms with Crippen LogP contribution >= 0.6 is 0 Å². The fourth-order valence-electron chi connectivity index (χ4n) is 1.61. The third-order valence-electron chi connectivity index (χ3n) is 2.48. The molecule has 0 spiro atoms. The maximum absolute atomic E-state index is 11.7. The molecule has 0 fully saturated rings. The summed E-state index contributed by atoms with van der Waals surface area (Å²) in [7, 11) is 5.06. The van der Waals surface area contributed by atoms with Gasteiger partial charge in [-0.05, 0) is 18.2 Å². The molecule has 6 nitrogen and oxygen atoms in total. The van der Waals surface area contributed by atoms with E-state index in [9.17, 15) is 9.59 Å². The minimum atomic E-state index is -0.439. The van der Waals surface area contributed by atoms with Gasteiger partial charge in [0.05, 0.1) is 17.9 Å². The largest absolute Gasteiger partial charge is 0.397 e. The first kappa shape index (κ1) is 13.8. The quantitative estimate of drug-likeness (QED) is 0.729. The summed E-state index contributed by atoms with van der Waals surface area (Å²) in [6, 6.07) is 4.97. The van der Waals surface area contributed by atoms with Gasteiger partial charge in [-0.3, -0.25) is 9.59 Å². The molecule has 1 aromatic rings. The van der Waals surface area contributed by atoms with Crippen molar-refractivity contribution in [3.63, 3.8) is 0 Å². The SMILES string of the molecule is CN(C)C(=O)c1ccc(N(C)CC(N)=O)c(N)c1. The highest BCUT2D eigenvalue weighted by atomic mass is 16.2. The zero-order chi connectivity index (χ0) is 13.9. The topological polar surface area (TPSA) is 92.7 Å². The predicted molar refractivity (Wildman–Crippen MR) is 71.3 cm³/mol. The van der Waals surface area contributed by atoms with Crippen LogP contribution in [0.15, 0.2) is 18.2 Å².